The first kappa shape index (κ1) is 17.5. The molecule has 0 unspecified atom stereocenters. The molecule has 29 heavy (non-hydrogen) atoms. The van der Waals surface area contributed by atoms with Crippen LogP contribution in [-0.2, 0) is 4.79 Å². The molecule has 4 bridgehead atoms. The molecule has 1 heterocycles. The summed E-state index contributed by atoms with van der Waals surface area (Å²) in [5.74, 6) is 2.90. The summed E-state index contributed by atoms with van der Waals surface area (Å²) < 4.78 is 0. The molecule has 1 saturated heterocycles. The Hall–Kier alpha value is -2.36. The molecule has 2 amide bonds. The first-order valence-electron chi connectivity index (χ1n) is 11.1. The van der Waals surface area contributed by atoms with Gasteiger partial charge in [0.25, 0.3) is 11.8 Å². The predicted molar refractivity (Wildman–Crippen MR) is 112 cm³/mol. The molecule has 7 rings (SSSR count). The van der Waals surface area contributed by atoms with Gasteiger partial charge in [-0.2, -0.15) is 0 Å². The molecule has 2 aromatic rings. The number of benzene rings is 2. The molecule has 1 aliphatic heterocycles. The Kier molecular flexibility index (Phi) is 3.52. The van der Waals surface area contributed by atoms with E-state index in [1.165, 1.54) is 32.1 Å². The van der Waals surface area contributed by atoms with Gasteiger partial charge in [-0.25, -0.2) is 10.0 Å². The van der Waals surface area contributed by atoms with Gasteiger partial charge in [0.05, 0.1) is 6.04 Å². The number of amides is 2. The van der Waals surface area contributed by atoms with Crippen molar-refractivity contribution in [3.63, 3.8) is 0 Å². The highest BCUT2D eigenvalue weighted by Crippen LogP contribution is 2.57. The fourth-order valence-corrected chi connectivity index (χ4v) is 7.13. The van der Waals surface area contributed by atoms with Gasteiger partial charge in [-0.05, 0) is 86.5 Å². The third-order valence-electron chi connectivity index (χ3n) is 8.15. The molecule has 0 radical (unpaired) electrons. The summed E-state index contributed by atoms with van der Waals surface area (Å²) >= 11 is 0. The second-order valence-electron chi connectivity index (χ2n) is 10.3. The fourth-order valence-electron chi connectivity index (χ4n) is 7.13. The van der Waals surface area contributed by atoms with Crippen molar-refractivity contribution in [2.24, 2.45) is 23.7 Å². The van der Waals surface area contributed by atoms with Crippen molar-refractivity contribution in [3.8, 4) is 0 Å². The van der Waals surface area contributed by atoms with Crippen LogP contribution in [0.4, 0.5) is 0 Å². The molecule has 0 atom stereocenters. The van der Waals surface area contributed by atoms with Gasteiger partial charge in [-0.1, -0.05) is 36.4 Å². The van der Waals surface area contributed by atoms with Gasteiger partial charge in [-0.15, -0.1) is 0 Å². The highest BCUT2D eigenvalue weighted by molar-refractivity contribution is 6.11. The van der Waals surface area contributed by atoms with Crippen LogP contribution in [0.25, 0.3) is 10.8 Å². The standard InChI is InChI=1S/C25H28N2O2/c1-25(2)24(29)26(22-18-11-15-10-16(13-18)14-19(22)12-15)27(25)23(28)21-9-5-7-17-6-3-4-8-20(17)21/h3-9,15-16,18-19,22H,10-14H2,1-2H3. The van der Waals surface area contributed by atoms with Gasteiger partial charge in [0, 0.05) is 5.56 Å². The second-order valence-corrected chi connectivity index (χ2v) is 10.3. The lowest BCUT2D eigenvalue weighted by atomic mass is 9.53. The van der Waals surface area contributed by atoms with Gasteiger partial charge in [0.2, 0.25) is 0 Å². The average Bonchev–Trinajstić information content (AvgIpc) is 2.71. The van der Waals surface area contributed by atoms with Crippen LogP contribution in [0.5, 0.6) is 0 Å². The number of hydrogen-bond acceptors (Lipinski definition) is 2. The lowest BCUT2D eigenvalue weighted by molar-refractivity contribution is -0.230. The van der Waals surface area contributed by atoms with E-state index in [-0.39, 0.29) is 17.9 Å². The summed E-state index contributed by atoms with van der Waals surface area (Å²) in [7, 11) is 0. The molecule has 0 spiro atoms. The van der Waals surface area contributed by atoms with Crippen LogP contribution >= 0.6 is 0 Å². The van der Waals surface area contributed by atoms with E-state index in [1.54, 1.807) is 5.01 Å². The largest absolute Gasteiger partial charge is 0.274 e. The minimum absolute atomic E-state index is 0.0415. The number of nitrogens with zero attached hydrogens (tertiary/aromatic N) is 2. The van der Waals surface area contributed by atoms with Crippen molar-refractivity contribution in [3.05, 3.63) is 48.0 Å². The molecule has 0 N–H and O–H groups in total. The molecule has 4 aliphatic carbocycles. The number of rotatable bonds is 2. The van der Waals surface area contributed by atoms with Crippen molar-refractivity contribution >= 4 is 22.6 Å². The second kappa shape index (κ2) is 5.84. The van der Waals surface area contributed by atoms with Crippen molar-refractivity contribution < 1.29 is 9.59 Å². The van der Waals surface area contributed by atoms with E-state index >= 15 is 0 Å². The molecule has 5 aliphatic rings. The molecule has 4 heteroatoms. The van der Waals surface area contributed by atoms with Crippen LogP contribution in [-0.4, -0.2) is 33.4 Å². The highest BCUT2D eigenvalue weighted by Gasteiger charge is 2.62. The monoisotopic (exact) mass is 388 g/mol. The van der Waals surface area contributed by atoms with Gasteiger partial charge in [0.15, 0.2) is 0 Å². The first-order chi connectivity index (χ1) is 13.9. The van der Waals surface area contributed by atoms with Crippen LogP contribution in [0, 0.1) is 23.7 Å². The molecular formula is C25H28N2O2. The average molecular weight is 389 g/mol. The van der Waals surface area contributed by atoms with Crippen LogP contribution in [0.1, 0.15) is 56.3 Å². The minimum Gasteiger partial charge on any atom is -0.270 e. The van der Waals surface area contributed by atoms with Gasteiger partial charge >= 0.3 is 0 Å². The van der Waals surface area contributed by atoms with E-state index in [1.807, 2.05) is 61.3 Å². The molecule has 5 fully saturated rings. The van der Waals surface area contributed by atoms with Crippen molar-refractivity contribution in [2.45, 2.75) is 57.5 Å². The van der Waals surface area contributed by atoms with Crippen molar-refractivity contribution in [1.29, 1.82) is 0 Å². The van der Waals surface area contributed by atoms with Gasteiger partial charge < -0.3 is 0 Å². The third kappa shape index (κ3) is 2.32. The summed E-state index contributed by atoms with van der Waals surface area (Å²) in [5.41, 5.74) is -0.0830. The minimum atomic E-state index is -0.775. The van der Waals surface area contributed by atoms with E-state index in [2.05, 4.69) is 0 Å². The molecule has 0 aromatic heterocycles. The Morgan fingerprint density at radius 2 is 1.52 bits per heavy atom. The quantitative estimate of drug-likeness (QED) is 0.752. The normalized spacial score (nSPS) is 34.6. The summed E-state index contributed by atoms with van der Waals surface area (Å²) in [5, 5.41) is 5.70. The molecular weight excluding hydrogens is 360 g/mol. The molecule has 2 aromatic carbocycles. The maximum atomic E-state index is 13.8. The Bertz CT molecular complexity index is 993. The highest BCUT2D eigenvalue weighted by atomic mass is 16.2. The predicted octanol–water partition coefficient (Wildman–Crippen LogP) is 4.64. The topological polar surface area (TPSA) is 40.6 Å². The number of carbonyl (C=O) groups is 2. The van der Waals surface area contributed by atoms with Crippen LogP contribution < -0.4 is 0 Å². The van der Waals surface area contributed by atoms with Crippen molar-refractivity contribution in [2.75, 3.05) is 0 Å². The third-order valence-corrected chi connectivity index (χ3v) is 8.15. The summed E-state index contributed by atoms with van der Waals surface area (Å²) in [6, 6.07) is 14.1. The van der Waals surface area contributed by atoms with Crippen LogP contribution in [0.2, 0.25) is 0 Å². The number of hydrogen-bond donors (Lipinski definition) is 0. The lowest BCUT2D eigenvalue weighted by Gasteiger charge is -2.65. The Morgan fingerprint density at radius 3 is 2.21 bits per heavy atom. The van der Waals surface area contributed by atoms with Crippen LogP contribution in [0.15, 0.2) is 42.5 Å². The fraction of sp³-hybridized carbons (Fsp3) is 0.520. The zero-order valence-corrected chi connectivity index (χ0v) is 17.2. The summed E-state index contributed by atoms with van der Waals surface area (Å²) in [4.78, 5) is 27.0. The Labute approximate surface area is 171 Å². The van der Waals surface area contributed by atoms with Crippen LogP contribution in [0.3, 0.4) is 0 Å². The smallest absolute Gasteiger partial charge is 0.270 e. The molecule has 4 saturated carbocycles. The van der Waals surface area contributed by atoms with E-state index in [0.717, 1.165) is 22.6 Å². The molecule has 150 valence electrons. The first-order valence-corrected chi connectivity index (χ1v) is 11.1. The summed E-state index contributed by atoms with van der Waals surface area (Å²) in [6.07, 6.45) is 6.32. The maximum absolute atomic E-state index is 13.8. The van der Waals surface area contributed by atoms with E-state index in [0.29, 0.717) is 17.4 Å². The number of carbonyl (C=O) groups excluding carboxylic acids is 2. The van der Waals surface area contributed by atoms with E-state index < -0.39 is 5.54 Å². The van der Waals surface area contributed by atoms with E-state index in [4.69, 9.17) is 0 Å². The van der Waals surface area contributed by atoms with Gasteiger partial charge in [-0.3, -0.25) is 9.59 Å². The number of hydrazine groups is 1. The summed E-state index contributed by atoms with van der Waals surface area (Å²) in [6.45, 7) is 3.79. The lowest BCUT2D eigenvalue weighted by Crippen LogP contribution is -2.80. The SMILES string of the molecule is CC1(C)C(=O)N(C2C3CC4CC(C3)CC2C4)N1C(=O)c1cccc2ccccc12. The Balaban J connectivity index is 1.39. The van der Waals surface area contributed by atoms with Crippen molar-refractivity contribution in [1.82, 2.24) is 10.0 Å². The number of fused-ring (bicyclic) bond motifs is 1. The van der Waals surface area contributed by atoms with Gasteiger partial charge in [0.1, 0.15) is 5.54 Å². The Morgan fingerprint density at radius 1 is 0.897 bits per heavy atom. The zero-order valence-electron chi connectivity index (χ0n) is 17.2. The maximum Gasteiger partial charge on any atom is 0.274 e. The van der Waals surface area contributed by atoms with E-state index in [9.17, 15) is 9.59 Å². The molecule has 4 nitrogen and oxygen atoms in total. The zero-order chi connectivity index (χ0) is 19.9.